The van der Waals surface area contributed by atoms with Crippen LogP contribution in [0.3, 0.4) is 0 Å². The first-order valence-corrected chi connectivity index (χ1v) is 9.48. The summed E-state index contributed by atoms with van der Waals surface area (Å²) in [4.78, 5) is 43.2. The third-order valence-electron chi connectivity index (χ3n) is 4.89. The number of esters is 1. The molecule has 0 spiro atoms. The van der Waals surface area contributed by atoms with Crippen molar-refractivity contribution < 1.29 is 23.5 Å². The molecule has 2 amide bonds. The number of carbonyl (C=O) groups is 3. The van der Waals surface area contributed by atoms with Gasteiger partial charge in [-0.3, -0.25) is 14.5 Å². The molecule has 1 aromatic heterocycles. The average Bonchev–Trinajstić information content (AvgIpc) is 3.41. The molecule has 0 saturated heterocycles. The number of amides is 2. The molecule has 4 rings (SSSR count). The van der Waals surface area contributed by atoms with Gasteiger partial charge in [-0.05, 0) is 48.9 Å². The van der Waals surface area contributed by atoms with E-state index in [0.29, 0.717) is 34.0 Å². The van der Waals surface area contributed by atoms with Gasteiger partial charge in [-0.2, -0.15) is 0 Å². The maximum atomic E-state index is 13.0. The Morgan fingerprint density at radius 2 is 1.97 bits per heavy atom. The predicted molar refractivity (Wildman–Crippen MR) is 113 cm³/mol. The van der Waals surface area contributed by atoms with E-state index in [-0.39, 0.29) is 0 Å². The number of carbonyl (C=O) groups excluding carboxylic acids is 3. The zero-order valence-corrected chi connectivity index (χ0v) is 16.9. The maximum Gasteiger partial charge on any atom is 0.337 e. The summed E-state index contributed by atoms with van der Waals surface area (Å²) in [6.07, 6.45) is 4.61. The van der Waals surface area contributed by atoms with E-state index in [2.05, 4.69) is 10.3 Å². The number of ether oxygens (including phenoxy) is 1. The van der Waals surface area contributed by atoms with E-state index in [1.807, 2.05) is 6.07 Å². The van der Waals surface area contributed by atoms with Crippen LogP contribution < -0.4 is 10.2 Å². The van der Waals surface area contributed by atoms with E-state index in [9.17, 15) is 14.4 Å². The van der Waals surface area contributed by atoms with Gasteiger partial charge in [-0.1, -0.05) is 12.1 Å². The molecule has 1 unspecified atom stereocenters. The monoisotopic (exact) mass is 417 g/mol. The fraction of sp³-hybridized carbons (Fsp3) is 0.130. The van der Waals surface area contributed by atoms with Crippen LogP contribution in [0, 0.1) is 5.92 Å². The van der Waals surface area contributed by atoms with Gasteiger partial charge in [0.15, 0.2) is 0 Å². The van der Waals surface area contributed by atoms with E-state index in [4.69, 9.17) is 9.15 Å². The molecule has 0 radical (unpaired) electrons. The topological polar surface area (TPSA) is 102 Å². The highest BCUT2D eigenvalue weighted by molar-refractivity contribution is 6.17. The smallest absolute Gasteiger partial charge is 0.337 e. The normalized spacial score (nSPS) is 15.5. The zero-order valence-electron chi connectivity index (χ0n) is 16.9. The van der Waals surface area contributed by atoms with Gasteiger partial charge >= 0.3 is 5.97 Å². The molecule has 1 aliphatic heterocycles. The number of oxazole rings is 1. The average molecular weight is 417 g/mol. The van der Waals surface area contributed by atoms with Crippen molar-refractivity contribution in [3.63, 3.8) is 0 Å². The molecule has 0 aliphatic carbocycles. The molecular formula is C23H19N3O5. The third-order valence-corrected chi connectivity index (χ3v) is 4.89. The van der Waals surface area contributed by atoms with Crippen LogP contribution in [0.2, 0.25) is 0 Å². The highest BCUT2D eigenvalue weighted by atomic mass is 16.5. The lowest BCUT2D eigenvalue weighted by atomic mass is 10.0. The maximum absolute atomic E-state index is 13.0. The number of rotatable bonds is 5. The van der Waals surface area contributed by atoms with E-state index >= 15 is 0 Å². The van der Waals surface area contributed by atoms with Crippen molar-refractivity contribution >= 4 is 29.2 Å². The van der Waals surface area contributed by atoms with Gasteiger partial charge in [-0.25, -0.2) is 9.78 Å². The lowest BCUT2D eigenvalue weighted by Gasteiger charge is -2.17. The summed E-state index contributed by atoms with van der Waals surface area (Å²) < 4.78 is 10.0. The first-order chi connectivity index (χ1) is 15.0. The van der Waals surface area contributed by atoms with Crippen LogP contribution in [0.1, 0.15) is 17.3 Å². The van der Waals surface area contributed by atoms with Gasteiger partial charge in [0.25, 0.3) is 0 Å². The molecular weight excluding hydrogens is 398 g/mol. The lowest BCUT2D eigenvalue weighted by Crippen LogP contribution is -2.34. The second-order valence-electron chi connectivity index (χ2n) is 6.96. The Morgan fingerprint density at radius 3 is 2.71 bits per heavy atom. The highest BCUT2D eigenvalue weighted by Crippen LogP contribution is 2.30. The Balaban J connectivity index is 1.53. The van der Waals surface area contributed by atoms with Crippen molar-refractivity contribution in [2.75, 3.05) is 17.3 Å². The minimum Gasteiger partial charge on any atom is -0.465 e. The summed E-state index contributed by atoms with van der Waals surface area (Å²) in [6, 6.07) is 13.5. The lowest BCUT2D eigenvalue weighted by molar-refractivity contribution is -0.128. The first-order valence-electron chi connectivity index (χ1n) is 9.48. The van der Waals surface area contributed by atoms with Crippen LogP contribution in [-0.4, -0.2) is 29.9 Å². The standard InChI is InChI=1S/C23H19N3O5/c1-14-13-26(18-8-4-6-16(12-18)23(29)30-2)22(28)19(14)20(27)25-17-7-3-5-15(11-17)21-24-9-10-31-21/h3-13,19H,1-2H3,(H,25,27). The van der Waals surface area contributed by atoms with Crippen LogP contribution in [0.25, 0.3) is 11.5 Å². The molecule has 8 nitrogen and oxygen atoms in total. The Bertz CT molecular complexity index is 1180. The molecule has 1 aliphatic rings. The highest BCUT2D eigenvalue weighted by Gasteiger charge is 2.38. The number of hydrogen-bond donors (Lipinski definition) is 1. The summed E-state index contributed by atoms with van der Waals surface area (Å²) in [5.41, 5.74) is 2.61. The van der Waals surface area contributed by atoms with Crippen LogP contribution in [0.15, 0.2) is 77.2 Å². The van der Waals surface area contributed by atoms with Crippen molar-refractivity contribution in [1.82, 2.24) is 4.98 Å². The van der Waals surface area contributed by atoms with Crippen LogP contribution in [0.5, 0.6) is 0 Å². The number of benzene rings is 2. The van der Waals surface area contributed by atoms with Gasteiger partial charge < -0.3 is 14.5 Å². The molecule has 31 heavy (non-hydrogen) atoms. The second-order valence-corrected chi connectivity index (χ2v) is 6.96. The molecule has 2 heterocycles. The van der Waals surface area contributed by atoms with Crippen LogP contribution >= 0.6 is 0 Å². The Morgan fingerprint density at radius 1 is 1.16 bits per heavy atom. The fourth-order valence-corrected chi connectivity index (χ4v) is 3.41. The first kappa shape index (κ1) is 20.1. The van der Waals surface area contributed by atoms with Gasteiger partial charge in [0, 0.05) is 23.1 Å². The van der Waals surface area contributed by atoms with Crippen molar-refractivity contribution in [1.29, 1.82) is 0 Å². The minimum atomic E-state index is -0.979. The van der Waals surface area contributed by atoms with E-state index in [1.54, 1.807) is 55.6 Å². The van der Waals surface area contributed by atoms with Gasteiger partial charge in [-0.15, -0.1) is 0 Å². The number of aromatic nitrogens is 1. The number of nitrogens with zero attached hydrogens (tertiary/aromatic N) is 2. The molecule has 0 saturated carbocycles. The molecule has 1 N–H and O–H groups in total. The van der Waals surface area contributed by atoms with Crippen LogP contribution in [-0.2, 0) is 14.3 Å². The second kappa shape index (κ2) is 8.27. The largest absolute Gasteiger partial charge is 0.465 e. The quantitative estimate of drug-likeness (QED) is 0.502. The zero-order chi connectivity index (χ0) is 22.0. The minimum absolute atomic E-state index is 0.315. The Hall–Kier alpha value is -4.20. The Labute approximate surface area is 178 Å². The van der Waals surface area contributed by atoms with Gasteiger partial charge in [0.2, 0.25) is 17.7 Å². The molecule has 3 aromatic rings. The SMILES string of the molecule is COC(=O)c1cccc(N2C=C(C)C(C(=O)Nc3cccc(-c4ncco4)c3)C2=O)c1. The fourth-order valence-electron chi connectivity index (χ4n) is 3.41. The van der Waals surface area contributed by atoms with Crippen LogP contribution in [0.4, 0.5) is 11.4 Å². The summed E-state index contributed by atoms with van der Waals surface area (Å²) >= 11 is 0. The number of methoxy groups -OCH3 is 1. The summed E-state index contributed by atoms with van der Waals surface area (Å²) in [5.74, 6) is -1.90. The summed E-state index contributed by atoms with van der Waals surface area (Å²) in [7, 11) is 1.29. The van der Waals surface area contributed by atoms with Crippen molar-refractivity contribution in [2.24, 2.45) is 5.92 Å². The third kappa shape index (κ3) is 3.95. The van der Waals surface area contributed by atoms with E-state index < -0.39 is 23.7 Å². The van der Waals surface area contributed by atoms with Crippen molar-refractivity contribution in [2.45, 2.75) is 6.92 Å². The Kier molecular flexibility index (Phi) is 5.36. The molecule has 1 atom stereocenters. The molecule has 156 valence electrons. The molecule has 8 heteroatoms. The van der Waals surface area contributed by atoms with Crippen molar-refractivity contribution in [3.8, 4) is 11.5 Å². The number of hydrogen-bond acceptors (Lipinski definition) is 6. The predicted octanol–water partition coefficient (Wildman–Crippen LogP) is 3.63. The molecule has 2 aromatic carbocycles. The summed E-state index contributed by atoms with van der Waals surface area (Å²) in [6.45, 7) is 1.72. The number of anilines is 2. The summed E-state index contributed by atoms with van der Waals surface area (Å²) in [5, 5.41) is 2.79. The molecule has 0 bridgehead atoms. The molecule has 0 fully saturated rings. The van der Waals surface area contributed by atoms with Gasteiger partial charge in [0.1, 0.15) is 12.2 Å². The van der Waals surface area contributed by atoms with Gasteiger partial charge in [0.05, 0.1) is 18.9 Å². The number of nitrogens with one attached hydrogen (secondary N) is 1. The van der Waals surface area contributed by atoms with E-state index in [1.165, 1.54) is 24.5 Å². The van der Waals surface area contributed by atoms with Crippen molar-refractivity contribution in [3.05, 3.63) is 78.3 Å². The van der Waals surface area contributed by atoms with E-state index in [0.717, 1.165) is 0 Å².